The first-order valence-electron chi connectivity index (χ1n) is 8.48. The van der Waals surface area contributed by atoms with E-state index in [1.165, 1.54) is 0 Å². The minimum atomic E-state index is -0.590. The summed E-state index contributed by atoms with van der Waals surface area (Å²) in [4.78, 5) is 9.02. The van der Waals surface area contributed by atoms with Crippen LogP contribution in [0.1, 0.15) is 17.9 Å². The molecule has 0 saturated carbocycles. The van der Waals surface area contributed by atoms with Gasteiger partial charge in [0.05, 0.1) is 11.3 Å². The molecule has 0 amide bonds. The second-order valence-electron chi connectivity index (χ2n) is 6.62. The Labute approximate surface area is 170 Å². The van der Waals surface area contributed by atoms with Crippen LogP contribution in [0.15, 0.2) is 15.6 Å². The third-order valence-corrected chi connectivity index (χ3v) is 5.84. The second kappa shape index (κ2) is 9.43. The fourth-order valence-corrected chi connectivity index (χ4v) is 4.45. The van der Waals surface area contributed by atoms with Crippen LogP contribution in [0, 0.1) is 6.92 Å². The van der Waals surface area contributed by atoms with Crippen LogP contribution in [0.25, 0.3) is 0 Å². The van der Waals surface area contributed by atoms with Gasteiger partial charge in [-0.15, -0.1) is 24.0 Å². The lowest BCUT2D eigenvalue weighted by molar-refractivity contribution is 0.0710. The maximum absolute atomic E-state index is 10.5. The Bertz CT molecular complexity index is 569. The minimum Gasteiger partial charge on any atom is -0.387 e. The number of thioether (sulfide) groups is 1. The molecule has 7 nitrogen and oxygen atoms in total. The molecule has 2 fully saturated rings. The molecule has 3 heterocycles. The van der Waals surface area contributed by atoms with Crippen molar-refractivity contribution in [2.75, 3.05) is 51.3 Å². The molecule has 0 spiro atoms. The number of piperazine rings is 1. The van der Waals surface area contributed by atoms with E-state index in [0.717, 1.165) is 68.1 Å². The average Bonchev–Trinajstić information content (AvgIpc) is 3.18. The second-order valence-corrected chi connectivity index (χ2v) is 7.72. The van der Waals surface area contributed by atoms with Crippen LogP contribution in [0.5, 0.6) is 0 Å². The molecule has 2 N–H and O–H groups in total. The van der Waals surface area contributed by atoms with Gasteiger partial charge in [-0.1, -0.05) is 5.16 Å². The number of aryl methyl sites for hydroxylation is 1. The van der Waals surface area contributed by atoms with Crippen LogP contribution < -0.4 is 5.32 Å². The van der Waals surface area contributed by atoms with Crippen molar-refractivity contribution < 1.29 is 9.63 Å². The van der Waals surface area contributed by atoms with E-state index in [0.29, 0.717) is 6.54 Å². The van der Waals surface area contributed by atoms with E-state index in [2.05, 4.69) is 25.3 Å². The number of rotatable bonds is 4. The van der Waals surface area contributed by atoms with Crippen LogP contribution in [-0.4, -0.2) is 82.9 Å². The first kappa shape index (κ1) is 20.8. The van der Waals surface area contributed by atoms with Crippen molar-refractivity contribution in [3.63, 3.8) is 0 Å². The summed E-state index contributed by atoms with van der Waals surface area (Å²) < 4.78 is 5.13. The Kier molecular flexibility index (Phi) is 7.84. The van der Waals surface area contributed by atoms with Gasteiger partial charge in [-0.2, -0.15) is 11.8 Å². The minimum absolute atomic E-state index is 0. The average molecular weight is 481 g/mol. The smallest absolute Gasteiger partial charge is 0.193 e. The van der Waals surface area contributed by atoms with Crippen LogP contribution in [0.4, 0.5) is 0 Å². The summed E-state index contributed by atoms with van der Waals surface area (Å²) in [5.74, 6) is 3.59. The molecule has 1 atom stereocenters. The summed E-state index contributed by atoms with van der Waals surface area (Å²) in [6, 6.07) is 1.99. The van der Waals surface area contributed by atoms with Gasteiger partial charge in [0.2, 0.25) is 0 Å². The predicted octanol–water partition coefficient (Wildman–Crippen LogP) is 1.16. The molecule has 0 radical (unpaired) electrons. The lowest BCUT2D eigenvalue weighted by Crippen LogP contribution is -2.54. The highest BCUT2D eigenvalue weighted by Crippen LogP contribution is 2.27. The van der Waals surface area contributed by atoms with Crippen LogP contribution >= 0.6 is 35.7 Å². The summed E-state index contributed by atoms with van der Waals surface area (Å²) in [6.45, 7) is 7.09. The Morgan fingerprint density at radius 2 is 2.20 bits per heavy atom. The summed E-state index contributed by atoms with van der Waals surface area (Å²) >= 11 is 1.82. The lowest BCUT2D eigenvalue weighted by atomic mass is 10.0. The number of nitrogens with one attached hydrogen (secondary N) is 1. The van der Waals surface area contributed by atoms with E-state index < -0.39 is 5.60 Å². The topological polar surface area (TPSA) is 77.1 Å². The molecule has 3 rings (SSSR count). The van der Waals surface area contributed by atoms with Gasteiger partial charge in [0, 0.05) is 58.1 Å². The third-order valence-electron chi connectivity index (χ3n) is 4.60. The molecule has 0 aliphatic carbocycles. The Morgan fingerprint density at radius 1 is 1.44 bits per heavy atom. The highest BCUT2D eigenvalue weighted by molar-refractivity contribution is 14.0. The highest BCUT2D eigenvalue weighted by Gasteiger charge is 2.32. The molecule has 9 heteroatoms. The number of aromatic nitrogens is 1. The summed E-state index contributed by atoms with van der Waals surface area (Å²) in [5.41, 5.74) is 0.400. The fraction of sp³-hybridized carbons (Fsp3) is 0.750. The summed E-state index contributed by atoms with van der Waals surface area (Å²) in [5, 5.41) is 17.9. The molecule has 2 aliphatic heterocycles. The standard InChI is InChI=1S/C16H27N5O2S.HI/c1-13-9-14(19-23-13)10-20-4-6-21(7-5-20)15(17-2)18-11-16(22)3-8-24-12-16;/h9,22H,3-8,10-12H2,1-2H3,(H,17,18);1H. The molecule has 1 aromatic heterocycles. The van der Waals surface area contributed by atoms with Gasteiger partial charge in [-0.05, 0) is 19.1 Å². The van der Waals surface area contributed by atoms with E-state index >= 15 is 0 Å². The Hall–Kier alpha value is -0.520. The quantitative estimate of drug-likeness (QED) is 0.380. The van der Waals surface area contributed by atoms with Crippen LogP contribution in [0.2, 0.25) is 0 Å². The van der Waals surface area contributed by atoms with Crippen LogP contribution in [-0.2, 0) is 6.54 Å². The number of aliphatic hydroxyl groups is 1. The monoisotopic (exact) mass is 481 g/mol. The molecule has 25 heavy (non-hydrogen) atoms. The van der Waals surface area contributed by atoms with Crippen molar-refractivity contribution in [1.82, 2.24) is 20.3 Å². The molecule has 0 bridgehead atoms. The van der Waals surface area contributed by atoms with E-state index in [1.807, 2.05) is 24.8 Å². The van der Waals surface area contributed by atoms with Crippen molar-refractivity contribution in [3.8, 4) is 0 Å². The first-order chi connectivity index (χ1) is 11.6. The Morgan fingerprint density at radius 3 is 2.76 bits per heavy atom. The number of hydrogen-bond donors (Lipinski definition) is 2. The van der Waals surface area contributed by atoms with Crippen molar-refractivity contribution in [2.45, 2.75) is 25.5 Å². The molecule has 142 valence electrons. The molecular weight excluding hydrogens is 453 g/mol. The number of hydrogen-bond acceptors (Lipinski definition) is 6. The van der Waals surface area contributed by atoms with Crippen LogP contribution in [0.3, 0.4) is 0 Å². The van der Waals surface area contributed by atoms with Crippen molar-refractivity contribution in [2.24, 2.45) is 4.99 Å². The van der Waals surface area contributed by atoms with Gasteiger partial charge in [-0.25, -0.2) is 0 Å². The van der Waals surface area contributed by atoms with Gasteiger partial charge in [0.15, 0.2) is 5.96 Å². The predicted molar refractivity (Wildman–Crippen MR) is 112 cm³/mol. The van der Waals surface area contributed by atoms with E-state index in [4.69, 9.17) is 4.52 Å². The maximum Gasteiger partial charge on any atom is 0.193 e. The number of guanidine groups is 1. The van der Waals surface area contributed by atoms with Gasteiger partial charge in [0.25, 0.3) is 0 Å². The Balaban J connectivity index is 0.00000225. The lowest BCUT2D eigenvalue weighted by Gasteiger charge is -2.37. The normalized spacial score (nSPS) is 25.1. The molecule has 2 aliphatic rings. The first-order valence-corrected chi connectivity index (χ1v) is 9.64. The number of aliphatic imine (C=N–C) groups is 1. The number of nitrogens with zero attached hydrogens (tertiary/aromatic N) is 4. The fourth-order valence-electron chi connectivity index (χ4n) is 3.15. The highest BCUT2D eigenvalue weighted by atomic mass is 127. The summed E-state index contributed by atoms with van der Waals surface area (Å²) in [6.07, 6.45) is 0.854. The molecule has 1 unspecified atom stereocenters. The van der Waals surface area contributed by atoms with E-state index in [1.54, 1.807) is 7.05 Å². The van der Waals surface area contributed by atoms with E-state index in [9.17, 15) is 5.11 Å². The zero-order valence-corrected chi connectivity index (χ0v) is 18.0. The van der Waals surface area contributed by atoms with E-state index in [-0.39, 0.29) is 24.0 Å². The molecule has 0 aromatic carbocycles. The maximum atomic E-state index is 10.5. The van der Waals surface area contributed by atoms with Gasteiger partial charge >= 0.3 is 0 Å². The van der Waals surface area contributed by atoms with Crippen molar-refractivity contribution >= 4 is 41.7 Å². The zero-order valence-electron chi connectivity index (χ0n) is 14.9. The largest absolute Gasteiger partial charge is 0.387 e. The molecule has 2 saturated heterocycles. The van der Waals surface area contributed by atoms with Gasteiger partial charge in [0.1, 0.15) is 5.76 Å². The van der Waals surface area contributed by atoms with Crippen molar-refractivity contribution in [3.05, 3.63) is 17.5 Å². The molecular formula is C16H28IN5O2S. The molecule has 1 aromatic rings. The summed E-state index contributed by atoms with van der Waals surface area (Å²) in [7, 11) is 1.81. The number of halogens is 1. The van der Waals surface area contributed by atoms with Gasteiger partial charge in [-0.3, -0.25) is 9.89 Å². The zero-order chi connectivity index (χ0) is 17.0. The third kappa shape index (κ3) is 5.73. The van der Waals surface area contributed by atoms with Crippen molar-refractivity contribution in [1.29, 1.82) is 0 Å². The SMILES string of the molecule is CN=C(NCC1(O)CCSC1)N1CCN(Cc2cc(C)on2)CC1.I. The van der Waals surface area contributed by atoms with Gasteiger partial charge < -0.3 is 19.8 Å².